The number of hydrogen-bond donors (Lipinski definition) is 3. The minimum atomic E-state index is -4.48. The van der Waals surface area contributed by atoms with Crippen molar-refractivity contribution < 1.29 is 28.0 Å². The molecule has 2 aromatic rings. The van der Waals surface area contributed by atoms with Crippen LogP contribution in [0.25, 0.3) is 0 Å². The molecule has 2 heterocycles. The highest BCUT2D eigenvalue weighted by molar-refractivity contribution is 6.17. The maximum Gasteiger partial charge on any atom is 0.416 e. The number of nitrogens with zero attached hydrogens (tertiary/aromatic N) is 3. The number of nitrogens with two attached hydrogens (primary N) is 1. The summed E-state index contributed by atoms with van der Waals surface area (Å²) >= 11 is 0. The number of rotatable bonds is 7. The fraction of sp³-hybridized carbons (Fsp3) is 0.393. The Morgan fingerprint density at radius 2 is 1.87 bits per heavy atom. The van der Waals surface area contributed by atoms with Crippen molar-refractivity contribution in [1.29, 1.82) is 10.7 Å². The molecule has 0 unspecified atom stereocenters. The maximum atomic E-state index is 13.0. The average molecular weight is 542 g/mol. The molecule has 0 aromatic heterocycles. The van der Waals surface area contributed by atoms with Crippen LogP contribution in [-0.4, -0.2) is 62.5 Å². The van der Waals surface area contributed by atoms with Gasteiger partial charge in [-0.3, -0.25) is 15.0 Å². The second kappa shape index (κ2) is 12.4. The Hall–Kier alpha value is -3.72. The van der Waals surface area contributed by atoms with Gasteiger partial charge in [-0.25, -0.2) is 0 Å². The van der Waals surface area contributed by atoms with Crippen LogP contribution in [-0.2, 0) is 15.7 Å². The molecule has 0 radical (unpaired) electrons. The van der Waals surface area contributed by atoms with E-state index in [0.29, 0.717) is 23.0 Å². The normalized spacial score (nSPS) is 17.8. The van der Waals surface area contributed by atoms with Crippen molar-refractivity contribution in [1.82, 2.24) is 4.90 Å². The third-order valence-electron chi connectivity index (χ3n) is 7.15. The number of carbonyl (C=O) groups excluding carboxylic acids is 1. The molecular formula is C28H32F3N6O2+. The largest absolute Gasteiger partial charge is 0.416 e. The van der Waals surface area contributed by atoms with Crippen molar-refractivity contribution in [3.8, 4) is 6.07 Å². The number of halogens is 3. The molecule has 2 aliphatic rings. The highest BCUT2D eigenvalue weighted by Crippen LogP contribution is 2.30. The molecule has 0 atom stereocenters. The zero-order valence-corrected chi connectivity index (χ0v) is 21.7. The van der Waals surface area contributed by atoms with E-state index in [2.05, 4.69) is 21.2 Å². The zero-order chi connectivity index (χ0) is 28.0. The molecule has 1 amide bonds. The molecule has 4 rings (SSSR count). The summed E-state index contributed by atoms with van der Waals surface area (Å²) in [5.41, 5.74) is 1.46. The first-order chi connectivity index (χ1) is 18.7. The number of benzene rings is 2. The fourth-order valence-electron chi connectivity index (χ4n) is 5.08. The van der Waals surface area contributed by atoms with Gasteiger partial charge in [-0.15, -0.1) is 0 Å². The third-order valence-corrected chi connectivity index (χ3v) is 7.15. The van der Waals surface area contributed by atoms with Crippen molar-refractivity contribution >= 4 is 29.2 Å². The van der Waals surface area contributed by atoms with Gasteiger partial charge in [0.15, 0.2) is 0 Å². The molecule has 39 heavy (non-hydrogen) atoms. The van der Waals surface area contributed by atoms with Gasteiger partial charge < -0.3 is 20.4 Å². The van der Waals surface area contributed by atoms with Gasteiger partial charge >= 0.3 is 6.18 Å². The molecule has 11 heteroatoms. The van der Waals surface area contributed by atoms with Crippen LogP contribution in [0, 0.1) is 16.7 Å². The molecule has 0 aliphatic carbocycles. The molecule has 2 fully saturated rings. The van der Waals surface area contributed by atoms with Crippen molar-refractivity contribution in [2.24, 2.45) is 0 Å². The molecule has 2 saturated heterocycles. The lowest BCUT2D eigenvalue weighted by Gasteiger charge is -2.41. The lowest BCUT2D eigenvalue weighted by atomic mass is 10.0. The molecule has 0 bridgehead atoms. The summed E-state index contributed by atoms with van der Waals surface area (Å²) in [5, 5.41) is 21.7. The van der Waals surface area contributed by atoms with E-state index in [-0.39, 0.29) is 11.3 Å². The average Bonchev–Trinajstić information content (AvgIpc) is 2.93. The number of alkyl halides is 3. The van der Waals surface area contributed by atoms with E-state index in [1.165, 1.54) is 17.4 Å². The zero-order valence-electron chi connectivity index (χ0n) is 21.7. The first kappa shape index (κ1) is 28.3. The monoisotopic (exact) mass is 541 g/mol. The summed E-state index contributed by atoms with van der Waals surface area (Å²) in [7, 11) is 0. The first-order valence-corrected chi connectivity index (χ1v) is 12.8. The molecular weight excluding hydrogens is 509 g/mol. The number of ether oxygens (including phenoxy) is 1. The predicted molar refractivity (Wildman–Crippen MR) is 142 cm³/mol. The number of allylic oxidation sites excluding steroid dienone is 1. The second-order valence-corrected chi connectivity index (χ2v) is 9.67. The molecule has 2 aliphatic heterocycles. The molecule has 8 nitrogen and oxygen atoms in total. The minimum Gasteiger partial charge on any atom is -0.379 e. The number of nitriles is 1. The second-order valence-electron chi connectivity index (χ2n) is 9.67. The van der Waals surface area contributed by atoms with Crippen LogP contribution in [0.4, 0.5) is 30.2 Å². The summed E-state index contributed by atoms with van der Waals surface area (Å²) in [5.74, 6) is -0.589. The minimum absolute atomic E-state index is 0.000168. The molecule has 0 spiro atoms. The number of anilines is 2. The molecule has 206 valence electrons. The number of nitrogens with one attached hydrogen (secondary N) is 2. The number of hydrogen-bond acceptors (Lipinski definition) is 6. The smallest absolute Gasteiger partial charge is 0.379 e. The Balaban J connectivity index is 1.42. The van der Waals surface area contributed by atoms with Crippen LogP contribution in [0.15, 0.2) is 53.7 Å². The van der Waals surface area contributed by atoms with Gasteiger partial charge in [0.1, 0.15) is 23.0 Å². The summed E-state index contributed by atoms with van der Waals surface area (Å²) in [6, 6.07) is 12.6. The van der Waals surface area contributed by atoms with Crippen molar-refractivity contribution in [3.63, 3.8) is 0 Å². The number of quaternary nitrogens is 1. The summed E-state index contributed by atoms with van der Waals surface area (Å²) in [6.07, 6.45) is -1.61. The van der Waals surface area contributed by atoms with Crippen LogP contribution >= 0.6 is 0 Å². The maximum absolute atomic E-state index is 13.0. The van der Waals surface area contributed by atoms with Gasteiger partial charge in [0.2, 0.25) is 0 Å². The number of piperidine rings is 1. The Labute approximate surface area is 225 Å². The lowest BCUT2D eigenvalue weighted by Crippen LogP contribution is -2.75. The van der Waals surface area contributed by atoms with Crippen LogP contribution in [0.5, 0.6) is 0 Å². The van der Waals surface area contributed by atoms with Gasteiger partial charge in [-0.1, -0.05) is 6.07 Å². The third kappa shape index (κ3) is 7.03. The number of amides is 1. The van der Waals surface area contributed by atoms with Crippen LogP contribution in [0.3, 0.4) is 0 Å². The van der Waals surface area contributed by atoms with Gasteiger partial charge in [0, 0.05) is 57.1 Å². The highest BCUT2D eigenvalue weighted by atomic mass is 19.4. The quantitative estimate of drug-likeness (QED) is 0.282. The van der Waals surface area contributed by atoms with Gasteiger partial charge in [-0.2, -0.15) is 18.4 Å². The van der Waals surface area contributed by atoms with Crippen molar-refractivity contribution in [3.05, 3.63) is 64.9 Å². The Bertz CT molecular complexity index is 1270. The van der Waals surface area contributed by atoms with E-state index in [4.69, 9.17) is 10.1 Å². The SMILES string of the molecule is C/C([NH2+]c1cccc(C(F)(F)F)c1)=C(/C=N)C(=O)Nc1ccc(N2CCC(N3CCOCC3)CC2)c(C#N)c1. The van der Waals surface area contributed by atoms with Gasteiger partial charge in [0.05, 0.1) is 30.0 Å². The van der Waals surface area contributed by atoms with Crippen LogP contribution in [0.2, 0.25) is 0 Å². The predicted octanol–water partition coefficient (Wildman–Crippen LogP) is 3.64. The summed E-state index contributed by atoms with van der Waals surface area (Å²) < 4.78 is 44.6. The summed E-state index contributed by atoms with van der Waals surface area (Å²) in [4.78, 5) is 17.6. The topological polar surface area (TPSA) is 109 Å². The lowest BCUT2D eigenvalue weighted by molar-refractivity contribution is -0.517. The van der Waals surface area contributed by atoms with Crippen LogP contribution in [0.1, 0.15) is 30.9 Å². The van der Waals surface area contributed by atoms with E-state index in [9.17, 15) is 23.2 Å². The number of morpholine rings is 1. The van der Waals surface area contributed by atoms with E-state index < -0.39 is 17.6 Å². The fourth-order valence-corrected chi connectivity index (χ4v) is 5.08. The number of carbonyl (C=O) groups is 1. The molecule has 4 N–H and O–H groups in total. The van der Waals surface area contributed by atoms with E-state index in [1.807, 2.05) is 6.07 Å². The van der Waals surface area contributed by atoms with Gasteiger partial charge in [0.25, 0.3) is 5.91 Å². The Kier molecular flexibility index (Phi) is 9.01. The Morgan fingerprint density at radius 1 is 1.15 bits per heavy atom. The van der Waals surface area contributed by atoms with E-state index in [0.717, 1.165) is 76.3 Å². The van der Waals surface area contributed by atoms with Crippen molar-refractivity contribution in [2.75, 3.05) is 49.6 Å². The van der Waals surface area contributed by atoms with Gasteiger partial charge in [-0.05, 0) is 43.2 Å². The standard InChI is InChI=1S/C28H31F3N6O2/c1-19(34-22-4-2-3-21(16-22)28(29,30)31)25(18-33)27(38)35-23-5-6-26(20(15-23)17-32)37-9-7-24(8-10-37)36-11-13-39-14-12-36/h2-6,15-16,18,24,33-34H,7-14H2,1H3,(H,35,38)/p+1/b25-19+,33-18?. The molecule has 0 saturated carbocycles. The van der Waals surface area contributed by atoms with Crippen LogP contribution < -0.4 is 15.5 Å². The Morgan fingerprint density at radius 3 is 2.51 bits per heavy atom. The van der Waals surface area contributed by atoms with E-state index in [1.54, 1.807) is 19.1 Å². The molecule has 2 aromatic carbocycles. The van der Waals surface area contributed by atoms with E-state index >= 15 is 0 Å². The highest BCUT2D eigenvalue weighted by Gasteiger charge is 2.31. The first-order valence-electron chi connectivity index (χ1n) is 12.8. The van der Waals surface area contributed by atoms with Crippen molar-refractivity contribution in [2.45, 2.75) is 32.0 Å². The summed E-state index contributed by atoms with van der Waals surface area (Å²) in [6.45, 7) is 6.65.